The third kappa shape index (κ3) is 9.99. The fourth-order valence-electron chi connectivity index (χ4n) is 1.79. The molecule has 1 atom stereocenters. The zero-order valence-corrected chi connectivity index (χ0v) is 14.0. The molecule has 0 heterocycles. The molecule has 0 radical (unpaired) electrons. The van der Waals surface area contributed by atoms with E-state index in [1.165, 1.54) is 18.9 Å². The topological polar surface area (TPSA) is 23.8 Å². The number of thioether (sulfide) groups is 1. The summed E-state index contributed by atoms with van der Waals surface area (Å²) in [6, 6.07) is 0. The number of nitrogens with zero attached hydrogens (tertiary/aromatic N) is 1. The first-order chi connectivity index (χ1) is 10.2. The Bertz CT molecular complexity index is 472. The van der Waals surface area contributed by atoms with Crippen molar-refractivity contribution in [2.45, 2.75) is 52.9 Å². The lowest BCUT2D eigenvalue weighted by Gasteiger charge is -2.07. The van der Waals surface area contributed by atoms with Crippen LogP contribution in [-0.4, -0.2) is 0 Å². The normalized spacial score (nSPS) is 13.7. The molecule has 0 aliphatic heterocycles. The van der Waals surface area contributed by atoms with Crippen molar-refractivity contribution in [3.05, 3.63) is 35.0 Å². The third-order valence-electron chi connectivity index (χ3n) is 2.90. The minimum absolute atomic E-state index is 0.314. The number of hydrogen-bond donors (Lipinski definition) is 0. The summed E-state index contributed by atoms with van der Waals surface area (Å²) < 4.78 is 13.4. The Morgan fingerprint density at radius 3 is 2.62 bits per heavy atom. The molecule has 0 spiro atoms. The SMILES string of the molecule is C\C=C(F)/C(=C\C=C\C#CC(CCC)CCCC)SC#N. The van der Waals surface area contributed by atoms with Gasteiger partial charge in [0.05, 0.1) is 4.91 Å². The van der Waals surface area contributed by atoms with Crippen molar-refractivity contribution >= 4 is 11.8 Å². The van der Waals surface area contributed by atoms with Crippen LogP contribution in [0.5, 0.6) is 0 Å². The second kappa shape index (κ2) is 13.5. The van der Waals surface area contributed by atoms with E-state index in [-0.39, 0.29) is 5.83 Å². The molecule has 1 unspecified atom stereocenters. The average Bonchev–Trinajstić information content (AvgIpc) is 2.50. The van der Waals surface area contributed by atoms with Crippen molar-refractivity contribution in [3.8, 4) is 17.2 Å². The Hall–Kier alpha value is -1.45. The smallest absolute Gasteiger partial charge is 0.138 e. The number of thiocyanates is 1. The first kappa shape index (κ1) is 19.6. The molecule has 0 amide bonds. The van der Waals surface area contributed by atoms with Gasteiger partial charge >= 0.3 is 0 Å². The monoisotopic (exact) mass is 305 g/mol. The van der Waals surface area contributed by atoms with E-state index >= 15 is 0 Å². The van der Waals surface area contributed by atoms with E-state index in [4.69, 9.17) is 5.26 Å². The predicted octanol–water partition coefficient (Wildman–Crippen LogP) is 6.12. The van der Waals surface area contributed by atoms with Crippen molar-refractivity contribution < 1.29 is 4.39 Å². The van der Waals surface area contributed by atoms with E-state index in [9.17, 15) is 4.39 Å². The van der Waals surface area contributed by atoms with Gasteiger partial charge in [0.2, 0.25) is 0 Å². The molecular weight excluding hydrogens is 281 g/mol. The van der Waals surface area contributed by atoms with Gasteiger partial charge in [-0.1, -0.05) is 57.1 Å². The van der Waals surface area contributed by atoms with Crippen LogP contribution < -0.4 is 0 Å². The Labute approximate surface area is 133 Å². The van der Waals surface area contributed by atoms with Gasteiger partial charge in [0.15, 0.2) is 0 Å². The van der Waals surface area contributed by atoms with Gasteiger partial charge in [0.1, 0.15) is 11.2 Å². The lowest BCUT2D eigenvalue weighted by molar-refractivity contribution is 0.527. The number of nitriles is 1. The number of rotatable bonds is 8. The molecule has 0 saturated heterocycles. The van der Waals surface area contributed by atoms with Gasteiger partial charge in [-0.2, -0.15) is 5.26 Å². The number of unbranched alkanes of at least 4 members (excludes halogenated alkanes) is 1. The Kier molecular flexibility index (Phi) is 12.6. The quantitative estimate of drug-likeness (QED) is 0.306. The molecule has 0 aromatic rings. The Morgan fingerprint density at radius 1 is 1.29 bits per heavy atom. The highest BCUT2D eigenvalue weighted by atomic mass is 32.2. The van der Waals surface area contributed by atoms with Gasteiger partial charge in [-0.05, 0) is 43.7 Å². The molecule has 0 rings (SSSR count). The summed E-state index contributed by atoms with van der Waals surface area (Å²) >= 11 is 0.817. The lowest BCUT2D eigenvalue weighted by Crippen LogP contribution is -1.96. The van der Waals surface area contributed by atoms with Gasteiger partial charge in [0.25, 0.3) is 0 Å². The van der Waals surface area contributed by atoms with Gasteiger partial charge in [0, 0.05) is 5.92 Å². The summed E-state index contributed by atoms with van der Waals surface area (Å²) in [7, 11) is 0. The van der Waals surface area contributed by atoms with Gasteiger partial charge in [-0.25, -0.2) is 4.39 Å². The Morgan fingerprint density at radius 2 is 2.05 bits per heavy atom. The second-order valence-electron chi connectivity index (χ2n) is 4.64. The standard InChI is InChI=1S/C18H24FNS/c1-4-7-12-16(11-5-2)13-9-8-10-14-18(21-15-20)17(19)6-3/h6,8,10,14,16H,4-5,7,11-12H2,1-3H3/b10-8+,17-6+,18-14+. The van der Waals surface area contributed by atoms with Crippen molar-refractivity contribution in [1.82, 2.24) is 0 Å². The molecule has 0 saturated carbocycles. The molecule has 3 heteroatoms. The highest BCUT2D eigenvalue weighted by molar-refractivity contribution is 8.07. The highest BCUT2D eigenvalue weighted by Gasteiger charge is 2.02. The number of halogens is 1. The Balaban J connectivity index is 4.66. The zero-order chi connectivity index (χ0) is 15.9. The van der Waals surface area contributed by atoms with E-state index < -0.39 is 0 Å². The summed E-state index contributed by atoms with van der Waals surface area (Å²) in [5.41, 5.74) is 0. The summed E-state index contributed by atoms with van der Waals surface area (Å²) in [5.74, 6) is 6.35. The van der Waals surface area contributed by atoms with Crippen LogP contribution in [0.25, 0.3) is 0 Å². The zero-order valence-electron chi connectivity index (χ0n) is 13.2. The van der Waals surface area contributed by atoms with E-state index in [0.29, 0.717) is 10.8 Å². The molecule has 0 aromatic carbocycles. The van der Waals surface area contributed by atoms with E-state index in [0.717, 1.165) is 31.0 Å². The fourth-order valence-corrected chi connectivity index (χ4v) is 2.25. The van der Waals surface area contributed by atoms with Gasteiger partial charge in [-0.15, -0.1) is 0 Å². The molecule has 21 heavy (non-hydrogen) atoms. The van der Waals surface area contributed by atoms with Crippen LogP contribution in [0.15, 0.2) is 35.0 Å². The summed E-state index contributed by atoms with van der Waals surface area (Å²) in [5, 5.41) is 10.5. The molecular formula is C18H24FNS. The minimum Gasteiger partial charge on any atom is -0.206 e. The summed E-state index contributed by atoms with van der Waals surface area (Å²) in [4.78, 5) is 0.314. The average molecular weight is 305 g/mol. The van der Waals surface area contributed by atoms with Gasteiger partial charge in [-0.3, -0.25) is 0 Å². The molecule has 114 valence electrons. The molecule has 0 aliphatic carbocycles. The molecule has 0 fully saturated rings. The molecule has 1 nitrogen and oxygen atoms in total. The molecule has 0 bridgehead atoms. The maximum Gasteiger partial charge on any atom is 0.138 e. The molecule has 0 aliphatic rings. The van der Waals surface area contributed by atoms with Crippen LogP contribution in [0.3, 0.4) is 0 Å². The van der Waals surface area contributed by atoms with Crippen LogP contribution >= 0.6 is 11.8 Å². The van der Waals surface area contributed by atoms with Crippen LogP contribution in [-0.2, 0) is 0 Å². The second-order valence-corrected chi connectivity index (χ2v) is 5.46. The minimum atomic E-state index is -0.383. The highest BCUT2D eigenvalue weighted by Crippen LogP contribution is 2.23. The van der Waals surface area contributed by atoms with E-state index in [2.05, 4.69) is 25.7 Å². The van der Waals surface area contributed by atoms with E-state index in [1.54, 1.807) is 25.2 Å². The largest absolute Gasteiger partial charge is 0.206 e. The van der Waals surface area contributed by atoms with Gasteiger partial charge < -0.3 is 0 Å². The number of allylic oxidation sites excluding steroid dienone is 5. The summed E-state index contributed by atoms with van der Waals surface area (Å²) in [6.45, 7) is 5.96. The van der Waals surface area contributed by atoms with Crippen LogP contribution in [0, 0.1) is 28.4 Å². The number of hydrogen-bond acceptors (Lipinski definition) is 2. The van der Waals surface area contributed by atoms with Crippen molar-refractivity contribution in [2.75, 3.05) is 0 Å². The van der Waals surface area contributed by atoms with Crippen molar-refractivity contribution in [1.29, 1.82) is 5.26 Å². The predicted molar refractivity (Wildman–Crippen MR) is 91.0 cm³/mol. The first-order valence-corrected chi connectivity index (χ1v) is 8.27. The molecule has 0 aromatic heterocycles. The van der Waals surface area contributed by atoms with Crippen LogP contribution in [0.4, 0.5) is 4.39 Å². The third-order valence-corrected chi connectivity index (χ3v) is 3.54. The maximum absolute atomic E-state index is 13.4. The van der Waals surface area contributed by atoms with Crippen molar-refractivity contribution in [2.24, 2.45) is 5.92 Å². The van der Waals surface area contributed by atoms with Crippen molar-refractivity contribution in [3.63, 3.8) is 0 Å². The van der Waals surface area contributed by atoms with Crippen LogP contribution in [0.2, 0.25) is 0 Å². The maximum atomic E-state index is 13.4. The van der Waals surface area contributed by atoms with Crippen LogP contribution in [0.1, 0.15) is 52.9 Å². The first-order valence-electron chi connectivity index (χ1n) is 7.45. The van der Waals surface area contributed by atoms with E-state index in [1.807, 2.05) is 5.40 Å². The fraction of sp³-hybridized carbons (Fsp3) is 0.500. The summed E-state index contributed by atoms with van der Waals surface area (Å²) in [6.07, 6.45) is 12.1. The molecule has 0 N–H and O–H groups in total. The lowest BCUT2D eigenvalue weighted by atomic mass is 9.98.